The van der Waals surface area contributed by atoms with Crippen LogP contribution in [0.4, 0.5) is 35.1 Å². The third-order valence-corrected chi connectivity index (χ3v) is 6.60. The summed E-state index contributed by atoms with van der Waals surface area (Å²) in [6, 6.07) is 8.61. The first-order chi connectivity index (χ1) is 17.3. The molecule has 0 amide bonds. The van der Waals surface area contributed by atoms with Crippen LogP contribution in [-0.4, -0.2) is 67.3 Å². The Morgan fingerprint density at radius 3 is 2.28 bits per heavy atom. The van der Waals surface area contributed by atoms with E-state index >= 15 is 0 Å². The van der Waals surface area contributed by atoms with Gasteiger partial charge in [-0.05, 0) is 30.3 Å². The van der Waals surface area contributed by atoms with Crippen LogP contribution in [0.1, 0.15) is 5.56 Å². The van der Waals surface area contributed by atoms with Gasteiger partial charge in [0.05, 0.1) is 16.3 Å². The Balaban J connectivity index is 1.43. The number of nitrogens with zero attached hydrogens (tertiary/aromatic N) is 6. The Labute approximate surface area is 210 Å². The molecule has 1 aromatic carbocycles. The maximum atomic E-state index is 13.8. The molecule has 2 saturated heterocycles. The van der Waals surface area contributed by atoms with Crippen LogP contribution < -0.4 is 20.0 Å². The lowest BCUT2D eigenvalue weighted by molar-refractivity contribution is -0.137. The molecule has 0 atom stereocenters. The predicted octanol–water partition coefficient (Wildman–Crippen LogP) is 4.09. The summed E-state index contributed by atoms with van der Waals surface area (Å²) < 4.78 is 54.2. The number of anilines is 3. The van der Waals surface area contributed by atoms with Crippen molar-refractivity contribution in [1.29, 1.82) is 0 Å². The van der Waals surface area contributed by atoms with E-state index in [0.717, 1.165) is 32.2 Å². The van der Waals surface area contributed by atoms with Crippen molar-refractivity contribution in [2.45, 2.75) is 6.18 Å². The number of benzene rings is 1. The van der Waals surface area contributed by atoms with Crippen molar-refractivity contribution in [2.75, 3.05) is 67.1 Å². The number of aromatic nitrogens is 3. The average molecular weight is 522 g/mol. The zero-order chi connectivity index (χ0) is 25.3. The molecule has 2 fully saturated rings. The van der Waals surface area contributed by atoms with Crippen molar-refractivity contribution in [2.24, 2.45) is 0 Å². The number of pyridine rings is 1. The summed E-state index contributed by atoms with van der Waals surface area (Å²) >= 11 is 6.02. The molecule has 0 spiro atoms. The number of piperazine rings is 2. The molecule has 0 radical (unpaired) electrons. The van der Waals surface area contributed by atoms with Gasteiger partial charge in [0.2, 0.25) is 5.95 Å². The van der Waals surface area contributed by atoms with Crippen molar-refractivity contribution in [3.8, 4) is 11.3 Å². The number of nitrogens with one attached hydrogen (secondary N) is 1. The minimum absolute atomic E-state index is 0.000768. The first-order valence-electron chi connectivity index (χ1n) is 11.6. The standard InChI is InChI=1S/C24H24ClF4N7/c25-18-14-16(3-4-19(18)26)20-15-21(33-23(32-20)36-8-6-30-7-9-36)34-10-12-35(13-11-34)22-17(24(27,28)29)2-1-5-31-22/h1-5,14-15,30H,6-13H2. The van der Waals surface area contributed by atoms with Gasteiger partial charge in [-0.25, -0.2) is 14.4 Å². The molecule has 3 aromatic rings. The summed E-state index contributed by atoms with van der Waals surface area (Å²) in [6.07, 6.45) is -3.10. The maximum absolute atomic E-state index is 13.8. The number of alkyl halides is 3. The zero-order valence-electron chi connectivity index (χ0n) is 19.3. The van der Waals surface area contributed by atoms with Crippen molar-refractivity contribution in [3.05, 3.63) is 59.0 Å². The fourth-order valence-electron chi connectivity index (χ4n) is 4.41. The summed E-state index contributed by atoms with van der Waals surface area (Å²) in [5.74, 6) is 0.637. The van der Waals surface area contributed by atoms with Gasteiger partial charge in [-0.1, -0.05) is 11.6 Å². The third kappa shape index (κ3) is 5.17. The van der Waals surface area contributed by atoms with E-state index in [4.69, 9.17) is 21.6 Å². The molecule has 36 heavy (non-hydrogen) atoms. The molecule has 0 bridgehead atoms. The highest BCUT2D eigenvalue weighted by Gasteiger charge is 2.36. The van der Waals surface area contributed by atoms with Crippen LogP contribution in [-0.2, 0) is 6.18 Å². The lowest BCUT2D eigenvalue weighted by Gasteiger charge is -2.37. The summed E-state index contributed by atoms with van der Waals surface area (Å²) in [4.78, 5) is 19.3. The predicted molar refractivity (Wildman–Crippen MR) is 131 cm³/mol. The lowest BCUT2D eigenvalue weighted by Crippen LogP contribution is -2.48. The van der Waals surface area contributed by atoms with Gasteiger partial charge in [-0.3, -0.25) is 0 Å². The van der Waals surface area contributed by atoms with Crippen LogP contribution in [0.2, 0.25) is 5.02 Å². The van der Waals surface area contributed by atoms with Gasteiger partial charge in [0, 0.05) is 70.2 Å². The summed E-state index contributed by atoms with van der Waals surface area (Å²) in [5.41, 5.74) is 0.516. The van der Waals surface area contributed by atoms with Gasteiger partial charge in [0.1, 0.15) is 17.5 Å². The maximum Gasteiger partial charge on any atom is 0.419 e. The Morgan fingerprint density at radius 1 is 0.861 bits per heavy atom. The highest BCUT2D eigenvalue weighted by Crippen LogP contribution is 2.36. The van der Waals surface area contributed by atoms with Gasteiger partial charge >= 0.3 is 6.18 Å². The van der Waals surface area contributed by atoms with E-state index in [1.165, 1.54) is 24.4 Å². The molecule has 0 aliphatic carbocycles. The van der Waals surface area contributed by atoms with Gasteiger partial charge in [0.15, 0.2) is 0 Å². The van der Waals surface area contributed by atoms with Gasteiger partial charge in [0.25, 0.3) is 0 Å². The number of halogens is 5. The molecule has 7 nitrogen and oxygen atoms in total. The van der Waals surface area contributed by atoms with Crippen LogP contribution in [0.15, 0.2) is 42.6 Å². The Hall–Kier alpha value is -3.18. The minimum Gasteiger partial charge on any atom is -0.353 e. The number of hydrogen-bond acceptors (Lipinski definition) is 7. The van der Waals surface area contributed by atoms with E-state index in [2.05, 4.69) is 15.2 Å². The fourth-order valence-corrected chi connectivity index (χ4v) is 4.59. The molecule has 2 aliphatic heterocycles. The van der Waals surface area contributed by atoms with E-state index in [0.29, 0.717) is 49.2 Å². The molecule has 0 saturated carbocycles. The first kappa shape index (κ1) is 24.5. The Kier molecular flexibility index (Phi) is 6.85. The van der Waals surface area contributed by atoms with E-state index in [9.17, 15) is 17.6 Å². The smallest absolute Gasteiger partial charge is 0.353 e. The highest BCUT2D eigenvalue weighted by molar-refractivity contribution is 6.31. The summed E-state index contributed by atoms with van der Waals surface area (Å²) in [7, 11) is 0. The van der Waals surface area contributed by atoms with E-state index < -0.39 is 17.6 Å². The fraction of sp³-hybridized carbons (Fsp3) is 0.375. The molecule has 5 rings (SSSR count). The van der Waals surface area contributed by atoms with Crippen LogP contribution >= 0.6 is 11.6 Å². The van der Waals surface area contributed by atoms with Crippen molar-refractivity contribution in [1.82, 2.24) is 20.3 Å². The second-order valence-electron chi connectivity index (χ2n) is 8.62. The van der Waals surface area contributed by atoms with Crippen LogP contribution in [0.25, 0.3) is 11.3 Å². The quantitative estimate of drug-likeness (QED) is 0.519. The topological polar surface area (TPSA) is 60.4 Å². The van der Waals surface area contributed by atoms with Gasteiger partial charge in [-0.15, -0.1) is 0 Å². The van der Waals surface area contributed by atoms with Gasteiger partial charge in [-0.2, -0.15) is 18.2 Å². The number of hydrogen-bond donors (Lipinski definition) is 1. The molecule has 1 N–H and O–H groups in total. The monoisotopic (exact) mass is 521 g/mol. The lowest BCUT2D eigenvalue weighted by atomic mass is 10.1. The summed E-state index contributed by atoms with van der Waals surface area (Å²) in [6.45, 7) is 4.69. The molecule has 190 valence electrons. The molecule has 4 heterocycles. The summed E-state index contributed by atoms with van der Waals surface area (Å²) in [5, 5.41) is 3.30. The zero-order valence-corrected chi connectivity index (χ0v) is 20.0. The molecule has 0 unspecified atom stereocenters. The van der Waals surface area contributed by atoms with Crippen molar-refractivity contribution < 1.29 is 17.6 Å². The minimum atomic E-state index is -4.48. The molecule has 12 heteroatoms. The largest absolute Gasteiger partial charge is 0.419 e. The molecular formula is C24H24ClF4N7. The average Bonchev–Trinajstić information content (AvgIpc) is 2.90. The Bertz CT molecular complexity index is 1230. The number of rotatable bonds is 4. The molecule has 2 aliphatic rings. The first-order valence-corrected chi connectivity index (χ1v) is 12.0. The van der Waals surface area contributed by atoms with E-state index in [1.54, 1.807) is 11.0 Å². The van der Waals surface area contributed by atoms with Crippen molar-refractivity contribution in [3.63, 3.8) is 0 Å². The van der Waals surface area contributed by atoms with Crippen LogP contribution in [0.3, 0.4) is 0 Å². The molecular weight excluding hydrogens is 498 g/mol. The normalized spacial score (nSPS) is 17.0. The van der Waals surface area contributed by atoms with E-state index in [-0.39, 0.29) is 10.8 Å². The van der Waals surface area contributed by atoms with E-state index in [1.807, 2.05) is 11.0 Å². The second-order valence-corrected chi connectivity index (χ2v) is 9.03. The highest BCUT2D eigenvalue weighted by atomic mass is 35.5. The van der Waals surface area contributed by atoms with Crippen molar-refractivity contribution >= 4 is 29.2 Å². The van der Waals surface area contributed by atoms with Gasteiger partial charge < -0.3 is 20.0 Å². The third-order valence-electron chi connectivity index (χ3n) is 6.31. The SMILES string of the molecule is Fc1ccc(-c2cc(N3CCN(c4ncccc4C(F)(F)F)CC3)nc(N3CCNCC3)n2)cc1Cl. The second kappa shape index (κ2) is 10.1. The molecule has 2 aromatic heterocycles. The Morgan fingerprint density at radius 2 is 1.58 bits per heavy atom. The van der Waals surface area contributed by atoms with Crippen LogP contribution in [0.5, 0.6) is 0 Å². The van der Waals surface area contributed by atoms with Crippen LogP contribution in [0, 0.1) is 5.82 Å².